The van der Waals surface area contributed by atoms with Crippen LogP contribution in [0, 0.1) is 0 Å². The zero-order valence-corrected chi connectivity index (χ0v) is 10.8. The van der Waals surface area contributed by atoms with Crippen LogP contribution in [0.5, 0.6) is 0 Å². The maximum Gasteiger partial charge on any atom is 0.243 e. The van der Waals surface area contributed by atoms with Crippen molar-refractivity contribution in [3.8, 4) is 0 Å². The predicted molar refractivity (Wildman–Crippen MR) is 71.5 cm³/mol. The summed E-state index contributed by atoms with van der Waals surface area (Å²) in [7, 11) is 0. The Kier molecular flexibility index (Phi) is 3.87. The monoisotopic (exact) mass is 248 g/mol. The standard InChI is InChI=1S/C14H20N2O2/c1-9(7-10(2)17)15-14(18)13-8-11-5-3-4-6-12(11)16-13/h3-6,9-10,13,16-17H,7-8H2,1-2H3,(H,15,18). The third-order valence-electron chi connectivity index (χ3n) is 3.17. The van der Waals surface area contributed by atoms with Crippen LogP contribution >= 0.6 is 0 Å². The quantitative estimate of drug-likeness (QED) is 0.752. The van der Waals surface area contributed by atoms with E-state index in [0.717, 1.165) is 12.1 Å². The Balaban J connectivity index is 1.89. The number of benzene rings is 1. The summed E-state index contributed by atoms with van der Waals surface area (Å²) < 4.78 is 0. The molecule has 3 unspecified atom stereocenters. The second-order valence-corrected chi connectivity index (χ2v) is 5.05. The fourth-order valence-corrected chi connectivity index (χ4v) is 2.37. The van der Waals surface area contributed by atoms with Gasteiger partial charge in [-0.05, 0) is 31.9 Å². The molecule has 0 saturated heterocycles. The van der Waals surface area contributed by atoms with Crippen LogP contribution in [-0.4, -0.2) is 29.2 Å². The topological polar surface area (TPSA) is 61.4 Å². The van der Waals surface area contributed by atoms with Gasteiger partial charge in [-0.3, -0.25) is 4.79 Å². The molecule has 0 radical (unpaired) electrons. The molecule has 0 saturated carbocycles. The van der Waals surface area contributed by atoms with Crippen LogP contribution in [0.1, 0.15) is 25.8 Å². The normalized spacial score (nSPS) is 20.7. The molecular formula is C14H20N2O2. The lowest BCUT2D eigenvalue weighted by atomic mass is 10.1. The van der Waals surface area contributed by atoms with Gasteiger partial charge in [0.1, 0.15) is 6.04 Å². The molecule has 2 rings (SSSR count). The number of anilines is 1. The first-order valence-electron chi connectivity index (χ1n) is 6.39. The molecule has 1 aliphatic rings. The average molecular weight is 248 g/mol. The molecule has 0 bridgehead atoms. The summed E-state index contributed by atoms with van der Waals surface area (Å²) >= 11 is 0. The Morgan fingerprint density at radius 1 is 1.50 bits per heavy atom. The number of amides is 1. The summed E-state index contributed by atoms with van der Waals surface area (Å²) in [6.07, 6.45) is 0.906. The first-order valence-corrected chi connectivity index (χ1v) is 6.39. The van der Waals surface area contributed by atoms with Crippen molar-refractivity contribution in [3.63, 3.8) is 0 Å². The van der Waals surface area contributed by atoms with E-state index in [4.69, 9.17) is 0 Å². The molecule has 1 aliphatic heterocycles. The predicted octanol–water partition coefficient (Wildman–Crippen LogP) is 1.30. The van der Waals surface area contributed by atoms with Crippen LogP contribution in [0.2, 0.25) is 0 Å². The van der Waals surface area contributed by atoms with Gasteiger partial charge in [-0.2, -0.15) is 0 Å². The zero-order chi connectivity index (χ0) is 13.1. The van der Waals surface area contributed by atoms with Gasteiger partial charge >= 0.3 is 0 Å². The highest BCUT2D eigenvalue weighted by molar-refractivity contribution is 5.87. The maximum absolute atomic E-state index is 12.1. The van der Waals surface area contributed by atoms with E-state index >= 15 is 0 Å². The zero-order valence-electron chi connectivity index (χ0n) is 10.8. The van der Waals surface area contributed by atoms with Crippen molar-refractivity contribution in [1.29, 1.82) is 0 Å². The van der Waals surface area contributed by atoms with Crippen molar-refractivity contribution in [3.05, 3.63) is 29.8 Å². The molecule has 1 amide bonds. The molecule has 1 aromatic carbocycles. The molecular weight excluding hydrogens is 228 g/mol. The van der Waals surface area contributed by atoms with Crippen LogP contribution in [0.3, 0.4) is 0 Å². The third-order valence-corrected chi connectivity index (χ3v) is 3.17. The van der Waals surface area contributed by atoms with Crippen LogP contribution < -0.4 is 10.6 Å². The molecule has 0 spiro atoms. The summed E-state index contributed by atoms with van der Waals surface area (Å²) in [6, 6.07) is 7.76. The summed E-state index contributed by atoms with van der Waals surface area (Å²) in [5.74, 6) is -0.000602. The Labute approximate surface area is 107 Å². The Morgan fingerprint density at radius 3 is 2.89 bits per heavy atom. The van der Waals surface area contributed by atoms with Gasteiger partial charge in [0.2, 0.25) is 5.91 Å². The number of carbonyl (C=O) groups is 1. The molecule has 0 fully saturated rings. The van der Waals surface area contributed by atoms with Crippen molar-refractivity contribution in [2.45, 2.75) is 44.9 Å². The van der Waals surface area contributed by atoms with Crippen molar-refractivity contribution in [2.24, 2.45) is 0 Å². The number of carbonyl (C=O) groups excluding carboxylic acids is 1. The molecule has 98 valence electrons. The van der Waals surface area contributed by atoms with E-state index in [-0.39, 0.29) is 18.0 Å². The molecule has 1 heterocycles. The molecule has 4 nitrogen and oxygen atoms in total. The number of nitrogens with one attached hydrogen (secondary N) is 2. The van der Waals surface area contributed by atoms with Crippen molar-refractivity contribution >= 4 is 11.6 Å². The van der Waals surface area contributed by atoms with Crippen molar-refractivity contribution in [2.75, 3.05) is 5.32 Å². The maximum atomic E-state index is 12.1. The van der Waals surface area contributed by atoms with Crippen LogP contribution in [0.25, 0.3) is 0 Å². The van der Waals surface area contributed by atoms with E-state index < -0.39 is 6.10 Å². The lowest BCUT2D eigenvalue weighted by molar-refractivity contribution is -0.122. The minimum absolute atomic E-state index is 0.000602. The number of hydrogen-bond acceptors (Lipinski definition) is 3. The van der Waals surface area contributed by atoms with Gasteiger partial charge in [0.05, 0.1) is 6.10 Å². The fourth-order valence-electron chi connectivity index (χ4n) is 2.37. The first-order chi connectivity index (χ1) is 8.56. The van der Waals surface area contributed by atoms with Crippen LogP contribution in [0.4, 0.5) is 5.69 Å². The summed E-state index contributed by atoms with van der Waals surface area (Å²) in [4.78, 5) is 12.1. The highest BCUT2D eigenvalue weighted by atomic mass is 16.3. The number of aliphatic hydroxyl groups excluding tert-OH is 1. The largest absolute Gasteiger partial charge is 0.393 e. The molecule has 4 heteroatoms. The first kappa shape index (κ1) is 12.9. The van der Waals surface area contributed by atoms with Crippen molar-refractivity contribution in [1.82, 2.24) is 5.32 Å². The Hall–Kier alpha value is -1.55. The van der Waals surface area contributed by atoms with Gasteiger partial charge in [-0.1, -0.05) is 18.2 Å². The molecule has 18 heavy (non-hydrogen) atoms. The summed E-state index contributed by atoms with van der Waals surface area (Å²) in [6.45, 7) is 3.64. The molecule has 3 N–H and O–H groups in total. The summed E-state index contributed by atoms with van der Waals surface area (Å²) in [5.41, 5.74) is 2.22. The lowest BCUT2D eigenvalue weighted by Gasteiger charge is -2.18. The van der Waals surface area contributed by atoms with Gasteiger partial charge < -0.3 is 15.7 Å². The van der Waals surface area contributed by atoms with E-state index in [0.29, 0.717) is 6.42 Å². The molecule has 3 atom stereocenters. The molecule has 0 aliphatic carbocycles. The van der Waals surface area contributed by atoms with E-state index in [1.807, 2.05) is 31.2 Å². The van der Waals surface area contributed by atoms with Crippen LogP contribution in [-0.2, 0) is 11.2 Å². The van der Waals surface area contributed by atoms with E-state index in [2.05, 4.69) is 10.6 Å². The summed E-state index contributed by atoms with van der Waals surface area (Å²) in [5, 5.41) is 15.4. The van der Waals surface area contributed by atoms with E-state index in [1.165, 1.54) is 5.56 Å². The Bertz CT molecular complexity index is 407. The second kappa shape index (κ2) is 5.40. The molecule has 1 aromatic rings. The number of hydrogen-bond donors (Lipinski definition) is 3. The molecule has 0 aromatic heterocycles. The number of aliphatic hydroxyl groups is 1. The average Bonchev–Trinajstić information content (AvgIpc) is 2.71. The van der Waals surface area contributed by atoms with Gasteiger partial charge in [-0.25, -0.2) is 0 Å². The second-order valence-electron chi connectivity index (χ2n) is 5.05. The van der Waals surface area contributed by atoms with Crippen LogP contribution in [0.15, 0.2) is 24.3 Å². The smallest absolute Gasteiger partial charge is 0.243 e. The highest BCUT2D eigenvalue weighted by Gasteiger charge is 2.27. The number of fused-ring (bicyclic) bond motifs is 1. The SMILES string of the molecule is CC(O)CC(C)NC(=O)C1Cc2ccccc2N1. The van der Waals surface area contributed by atoms with Crippen molar-refractivity contribution < 1.29 is 9.90 Å². The highest BCUT2D eigenvalue weighted by Crippen LogP contribution is 2.25. The minimum atomic E-state index is -0.394. The van der Waals surface area contributed by atoms with Gasteiger partial charge in [0, 0.05) is 18.2 Å². The number of para-hydroxylation sites is 1. The van der Waals surface area contributed by atoms with E-state index in [9.17, 15) is 9.90 Å². The van der Waals surface area contributed by atoms with Gasteiger partial charge in [0.25, 0.3) is 0 Å². The third kappa shape index (κ3) is 3.01. The number of rotatable bonds is 4. The van der Waals surface area contributed by atoms with Gasteiger partial charge in [0.15, 0.2) is 0 Å². The Morgan fingerprint density at radius 2 is 2.22 bits per heavy atom. The minimum Gasteiger partial charge on any atom is -0.393 e. The fraction of sp³-hybridized carbons (Fsp3) is 0.500. The van der Waals surface area contributed by atoms with E-state index in [1.54, 1.807) is 6.92 Å². The van der Waals surface area contributed by atoms with Gasteiger partial charge in [-0.15, -0.1) is 0 Å². The lowest BCUT2D eigenvalue weighted by Crippen LogP contribution is -2.43.